The zero-order valence-electron chi connectivity index (χ0n) is 23.2. The molecule has 1 heterocycles. The van der Waals surface area contributed by atoms with Gasteiger partial charge in [0.05, 0.1) is 18.1 Å². The van der Waals surface area contributed by atoms with Crippen LogP contribution >= 0.6 is 11.3 Å². The maximum absolute atomic E-state index is 13.9. The van der Waals surface area contributed by atoms with Crippen molar-refractivity contribution in [2.75, 3.05) is 18.6 Å². The van der Waals surface area contributed by atoms with Crippen LogP contribution in [0.15, 0.2) is 48.7 Å². The number of carbonyl (C=O) groups excluding carboxylic acids is 1. The molecule has 40 heavy (non-hydrogen) atoms. The molecule has 3 aromatic rings. The van der Waals surface area contributed by atoms with Crippen LogP contribution < -0.4 is 9.64 Å². The standard InChI is InChI=1S/C32H38F2N2O3S/c1-20-16-24(12-15-28(20)39-2)22-8-6-21(7-9-22)19-36(32(38)23-10-13-27(37)14-11-23)26-5-3-4-25(17-26)29-18-35-31(40-29)30(33)34/h3-5,12,15-18,21-23,27,30,37H,6-11,13-14,19H2,1-2H3/t21-,22-,23-,27-. The predicted molar refractivity (Wildman–Crippen MR) is 155 cm³/mol. The van der Waals surface area contributed by atoms with Gasteiger partial charge in [-0.25, -0.2) is 13.8 Å². The van der Waals surface area contributed by atoms with Gasteiger partial charge in [0.2, 0.25) is 5.91 Å². The summed E-state index contributed by atoms with van der Waals surface area (Å²) in [6.45, 7) is 2.72. The first-order valence-electron chi connectivity index (χ1n) is 14.3. The van der Waals surface area contributed by atoms with Gasteiger partial charge >= 0.3 is 0 Å². The molecule has 214 valence electrons. The zero-order chi connectivity index (χ0) is 28.2. The summed E-state index contributed by atoms with van der Waals surface area (Å²) in [7, 11) is 1.70. The van der Waals surface area contributed by atoms with Gasteiger partial charge in [-0.15, -0.1) is 11.3 Å². The molecule has 0 bridgehead atoms. The topological polar surface area (TPSA) is 62.7 Å². The smallest absolute Gasteiger partial charge is 0.289 e. The molecular weight excluding hydrogens is 530 g/mol. The Hall–Kier alpha value is -2.84. The molecule has 0 unspecified atom stereocenters. The van der Waals surface area contributed by atoms with Gasteiger partial charge in [-0.2, -0.15) is 0 Å². The molecule has 2 aliphatic carbocycles. The molecule has 2 fully saturated rings. The van der Waals surface area contributed by atoms with Gasteiger partial charge in [0.1, 0.15) is 5.75 Å². The first-order valence-corrected chi connectivity index (χ1v) is 15.1. The molecule has 0 aliphatic heterocycles. The number of aryl methyl sites for hydroxylation is 1. The van der Waals surface area contributed by atoms with Crippen LogP contribution in [0.3, 0.4) is 0 Å². The van der Waals surface area contributed by atoms with Gasteiger partial charge in [0.15, 0.2) is 5.01 Å². The summed E-state index contributed by atoms with van der Waals surface area (Å²) in [6.07, 6.45) is 5.45. The van der Waals surface area contributed by atoms with Crippen LogP contribution in [0.2, 0.25) is 0 Å². The fourth-order valence-electron chi connectivity index (χ4n) is 6.31. The molecule has 0 radical (unpaired) electrons. The maximum atomic E-state index is 13.9. The highest BCUT2D eigenvalue weighted by Gasteiger charge is 2.32. The van der Waals surface area contributed by atoms with Gasteiger partial charge < -0.3 is 14.7 Å². The molecule has 0 saturated heterocycles. The highest BCUT2D eigenvalue weighted by atomic mass is 32.1. The van der Waals surface area contributed by atoms with Crippen LogP contribution in [0, 0.1) is 18.8 Å². The molecular formula is C32H38F2N2O3S. The fourth-order valence-corrected chi connectivity index (χ4v) is 7.08. The van der Waals surface area contributed by atoms with E-state index in [0.29, 0.717) is 48.9 Å². The Labute approximate surface area is 239 Å². The number of amides is 1. The molecule has 1 aromatic heterocycles. The highest BCUT2D eigenvalue weighted by Crippen LogP contribution is 2.39. The predicted octanol–water partition coefficient (Wildman–Crippen LogP) is 7.92. The number of ether oxygens (including phenoxy) is 1. The van der Waals surface area contributed by atoms with Crippen molar-refractivity contribution in [3.05, 3.63) is 64.8 Å². The molecule has 2 saturated carbocycles. The summed E-state index contributed by atoms with van der Waals surface area (Å²) < 4.78 is 31.8. The lowest BCUT2D eigenvalue weighted by molar-refractivity contribution is -0.124. The number of thiazole rings is 1. The number of benzene rings is 2. The molecule has 1 N–H and O–H groups in total. The van der Waals surface area contributed by atoms with E-state index >= 15 is 0 Å². The molecule has 8 heteroatoms. The van der Waals surface area contributed by atoms with Crippen LogP contribution in [0.1, 0.15) is 79.8 Å². The lowest BCUT2D eigenvalue weighted by atomic mass is 9.78. The SMILES string of the molecule is COc1ccc([C@H]2CC[C@H](CN(c3cccc(-c4cnc(C(F)F)s4)c3)C(=O)[C@H]3CC[C@H](O)CC3)CC2)cc1C. The Morgan fingerprint density at radius 3 is 2.48 bits per heavy atom. The van der Waals surface area contributed by atoms with Crippen LogP contribution in [0.25, 0.3) is 10.4 Å². The first kappa shape index (κ1) is 28.7. The largest absolute Gasteiger partial charge is 0.496 e. The summed E-state index contributed by atoms with van der Waals surface area (Å²) in [6, 6.07) is 14.1. The lowest BCUT2D eigenvalue weighted by Crippen LogP contribution is -2.41. The minimum Gasteiger partial charge on any atom is -0.496 e. The number of aliphatic hydroxyl groups is 1. The van der Waals surface area contributed by atoms with Crippen LogP contribution in [0.5, 0.6) is 5.75 Å². The zero-order valence-corrected chi connectivity index (χ0v) is 24.0. The van der Waals surface area contributed by atoms with Crippen molar-refractivity contribution < 1.29 is 23.4 Å². The van der Waals surface area contributed by atoms with Crippen molar-refractivity contribution in [2.45, 2.75) is 76.7 Å². The Kier molecular flexibility index (Phi) is 9.16. The van der Waals surface area contributed by atoms with Gasteiger partial charge in [0, 0.05) is 24.3 Å². The summed E-state index contributed by atoms with van der Waals surface area (Å²) in [5.74, 6) is 1.79. The second-order valence-electron chi connectivity index (χ2n) is 11.3. The monoisotopic (exact) mass is 568 g/mol. The number of nitrogens with zero attached hydrogens (tertiary/aromatic N) is 2. The molecule has 0 spiro atoms. The van der Waals surface area contributed by atoms with Crippen LogP contribution in [0.4, 0.5) is 14.5 Å². The number of methoxy groups -OCH3 is 1. The number of rotatable bonds is 8. The van der Waals surface area contributed by atoms with E-state index in [0.717, 1.165) is 59.6 Å². The quantitative estimate of drug-likeness (QED) is 0.300. The average molecular weight is 569 g/mol. The van der Waals surface area contributed by atoms with Crippen molar-refractivity contribution in [3.63, 3.8) is 0 Å². The van der Waals surface area contributed by atoms with Crippen molar-refractivity contribution in [2.24, 2.45) is 11.8 Å². The molecule has 5 rings (SSSR count). The van der Waals surface area contributed by atoms with E-state index < -0.39 is 6.43 Å². The van der Waals surface area contributed by atoms with Crippen LogP contribution in [-0.2, 0) is 4.79 Å². The second-order valence-corrected chi connectivity index (χ2v) is 12.4. The van der Waals surface area contributed by atoms with E-state index in [1.54, 1.807) is 7.11 Å². The number of alkyl halides is 2. The van der Waals surface area contributed by atoms with E-state index in [1.165, 1.54) is 11.8 Å². The van der Waals surface area contributed by atoms with Gasteiger partial charge in [-0.05, 0) is 105 Å². The third kappa shape index (κ3) is 6.55. The summed E-state index contributed by atoms with van der Waals surface area (Å²) in [4.78, 5) is 20.4. The Morgan fingerprint density at radius 1 is 1.07 bits per heavy atom. The van der Waals surface area contributed by atoms with Gasteiger partial charge in [-0.3, -0.25) is 4.79 Å². The fraction of sp³-hybridized carbons (Fsp3) is 0.500. The van der Waals surface area contributed by atoms with Crippen LogP contribution in [-0.4, -0.2) is 35.8 Å². The number of hydrogen-bond acceptors (Lipinski definition) is 5. The summed E-state index contributed by atoms with van der Waals surface area (Å²) in [5.41, 5.74) is 4.09. The number of carbonyl (C=O) groups is 1. The Bertz CT molecular complexity index is 1300. The number of aromatic nitrogens is 1. The molecule has 2 aromatic carbocycles. The minimum absolute atomic E-state index is 0.106. The normalized spacial score (nSPS) is 23.2. The molecule has 5 nitrogen and oxygen atoms in total. The van der Waals surface area contributed by atoms with E-state index in [1.807, 2.05) is 29.2 Å². The van der Waals surface area contributed by atoms with E-state index in [9.17, 15) is 18.7 Å². The van der Waals surface area contributed by atoms with Crippen molar-refractivity contribution in [1.29, 1.82) is 0 Å². The lowest BCUT2D eigenvalue weighted by Gasteiger charge is -2.36. The highest BCUT2D eigenvalue weighted by molar-refractivity contribution is 7.15. The van der Waals surface area contributed by atoms with Crippen molar-refractivity contribution in [1.82, 2.24) is 4.98 Å². The van der Waals surface area contributed by atoms with E-state index in [2.05, 4.69) is 30.1 Å². The van der Waals surface area contributed by atoms with E-state index in [-0.39, 0.29) is 22.9 Å². The van der Waals surface area contributed by atoms with Crippen molar-refractivity contribution >= 4 is 22.9 Å². The maximum Gasteiger partial charge on any atom is 0.289 e. The van der Waals surface area contributed by atoms with Gasteiger partial charge in [0.25, 0.3) is 6.43 Å². The molecule has 0 atom stereocenters. The third-order valence-corrected chi connectivity index (χ3v) is 9.70. The summed E-state index contributed by atoms with van der Waals surface area (Å²) in [5, 5.41) is 9.81. The molecule has 2 aliphatic rings. The van der Waals surface area contributed by atoms with Crippen molar-refractivity contribution in [3.8, 4) is 16.2 Å². The third-order valence-electron chi connectivity index (χ3n) is 8.64. The summed E-state index contributed by atoms with van der Waals surface area (Å²) >= 11 is 0.988. The number of halogens is 2. The number of aliphatic hydroxyl groups excluding tert-OH is 1. The Balaban J connectivity index is 1.33. The Morgan fingerprint density at radius 2 is 1.82 bits per heavy atom. The molecule has 1 amide bonds. The minimum atomic E-state index is -2.60. The number of anilines is 1. The second kappa shape index (κ2) is 12.8. The first-order chi connectivity index (χ1) is 19.3. The number of hydrogen-bond donors (Lipinski definition) is 1. The van der Waals surface area contributed by atoms with E-state index in [4.69, 9.17) is 4.74 Å². The average Bonchev–Trinajstić information content (AvgIpc) is 3.47. The van der Waals surface area contributed by atoms with Gasteiger partial charge in [-0.1, -0.05) is 24.3 Å².